The molecule has 0 unspecified atom stereocenters. The Bertz CT molecular complexity index is 3370. The highest BCUT2D eigenvalue weighted by atomic mass is 14.5. The van der Waals surface area contributed by atoms with E-state index in [2.05, 4.69) is 194 Å². The van der Waals surface area contributed by atoms with Crippen LogP contribution in [-0.4, -0.2) is 0 Å². The first-order valence-corrected chi connectivity index (χ1v) is 19.3. The number of rotatable bonds is 2. The van der Waals surface area contributed by atoms with E-state index in [4.69, 9.17) is 0 Å². The summed E-state index contributed by atoms with van der Waals surface area (Å²) in [5.41, 5.74) is 15.5. The predicted octanol–water partition coefficient (Wildman–Crippen LogP) is 14.6. The fraction of sp³-hybridized carbons (Fsp3) is 0.0182. The van der Waals surface area contributed by atoms with E-state index in [9.17, 15) is 0 Å². The van der Waals surface area contributed by atoms with Crippen LogP contribution in [0.1, 0.15) is 22.3 Å². The smallest absolute Gasteiger partial charge is 0.0619 e. The van der Waals surface area contributed by atoms with Gasteiger partial charge in [-0.15, -0.1) is 0 Å². The zero-order valence-corrected chi connectivity index (χ0v) is 30.0. The van der Waals surface area contributed by atoms with Crippen molar-refractivity contribution in [1.82, 2.24) is 0 Å². The Kier molecular flexibility index (Phi) is 5.65. The van der Waals surface area contributed by atoms with Crippen LogP contribution in [0.3, 0.4) is 0 Å². The van der Waals surface area contributed by atoms with Crippen LogP contribution in [-0.2, 0) is 5.41 Å². The Labute approximate surface area is 318 Å². The van der Waals surface area contributed by atoms with Crippen molar-refractivity contribution in [3.8, 4) is 44.5 Å². The van der Waals surface area contributed by atoms with Gasteiger partial charge in [0.15, 0.2) is 0 Å². The van der Waals surface area contributed by atoms with Gasteiger partial charge >= 0.3 is 0 Å². The van der Waals surface area contributed by atoms with Gasteiger partial charge in [0.1, 0.15) is 0 Å². The minimum Gasteiger partial charge on any atom is -0.0619 e. The number of hydrogen-bond donors (Lipinski definition) is 0. The van der Waals surface area contributed by atoms with Gasteiger partial charge in [0, 0.05) is 0 Å². The Balaban J connectivity index is 1.02. The average Bonchev–Trinajstić information content (AvgIpc) is 3.70. The Morgan fingerprint density at radius 1 is 0.236 bits per heavy atom. The molecule has 0 radical (unpaired) electrons. The molecule has 0 saturated carbocycles. The predicted molar refractivity (Wildman–Crippen MR) is 232 cm³/mol. The van der Waals surface area contributed by atoms with Gasteiger partial charge in [-0.3, -0.25) is 0 Å². The lowest BCUT2D eigenvalue weighted by molar-refractivity contribution is 0.796. The average molecular weight is 693 g/mol. The molecular formula is C55H32. The molecule has 11 aromatic carbocycles. The molecule has 0 heterocycles. The molecule has 0 aliphatic heterocycles. The summed E-state index contributed by atoms with van der Waals surface area (Å²) in [6.07, 6.45) is 0. The quantitative estimate of drug-likeness (QED) is 0.158. The van der Waals surface area contributed by atoms with Gasteiger partial charge in [-0.05, 0) is 157 Å². The highest BCUT2D eigenvalue weighted by Crippen LogP contribution is 2.63. The van der Waals surface area contributed by atoms with Crippen molar-refractivity contribution in [3.05, 3.63) is 216 Å². The molecule has 0 bridgehead atoms. The molecular weight excluding hydrogens is 661 g/mol. The maximum Gasteiger partial charge on any atom is 0.0725 e. The molecule has 252 valence electrons. The molecule has 55 heavy (non-hydrogen) atoms. The topological polar surface area (TPSA) is 0 Å². The second-order valence-electron chi connectivity index (χ2n) is 15.6. The number of hydrogen-bond acceptors (Lipinski definition) is 0. The van der Waals surface area contributed by atoms with E-state index in [0.29, 0.717) is 0 Å². The highest BCUT2D eigenvalue weighted by Gasteiger charge is 2.51. The van der Waals surface area contributed by atoms with Crippen LogP contribution in [0.15, 0.2) is 194 Å². The van der Waals surface area contributed by atoms with Crippen molar-refractivity contribution in [2.75, 3.05) is 0 Å². The molecule has 0 N–H and O–H groups in total. The summed E-state index contributed by atoms with van der Waals surface area (Å²) in [6.45, 7) is 0. The summed E-state index contributed by atoms with van der Waals surface area (Å²) >= 11 is 0. The number of benzene rings is 11. The van der Waals surface area contributed by atoms with Gasteiger partial charge in [-0.1, -0.05) is 158 Å². The fourth-order valence-corrected chi connectivity index (χ4v) is 10.6. The molecule has 0 fully saturated rings. The molecule has 0 atom stereocenters. The van der Waals surface area contributed by atoms with Gasteiger partial charge < -0.3 is 0 Å². The van der Waals surface area contributed by atoms with Crippen LogP contribution in [0.5, 0.6) is 0 Å². The van der Waals surface area contributed by atoms with Crippen LogP contribution in [0, 0.1) is 0 Å². The minimum absolute atomic E-state index is 0.388. The second-order valence-corrected chi connectivity index (χ2v) is 15.6. The van der Waals surface area contributed by atoms with E-state index >= 15 is 0 Å². The summed E-state index contributed by atoms with van der Waals surface area (Å²) in [7, 11) is 0. The second kappa shape index (κ2) is 10.6. The molecule has 0 heteroatoms. The Hall–Kier alpha value is -7.02. The largest absolute Gasteiger partial charge is 0.0725 e. The molecule has 0 amide bonds. The molecule has 0 saturated heterocycles. The Morgan fingerprint density at radius 2 is 0.745 bits per heavy atom. The van der Waals surface area contributed by atoms with Crippen LogP contribution >= 0.6 is 0 Å². The van der Waals surface area contributed by atoms with Crippen LogP contribution < -0.4 is 0 Å². The number of fused-ring (bicyclic) bond motifs is 12. The van der Waals surface area contributed by atoms with Gasteiger partial charge in [-0.25, -0.2) is 0 Å². The van der Waals surface area contributed by atoms with E-state index in [-0.39, 0.29) is 5.41 Å². The van der Waals surface area contributed by atoms with Gasteiger partial charge in [0.2, 0.25) is 0 Å². The molecule has 2 aliphatic carbocycles. The third-order valence-corrected chi connectivity index (χ3v) is 12.9. The molecule has 0 nitrogen and oxygen atoms in total. The lowest BCUT2D eigenvalue weighted by Gasteiger charge is -2.30. The normalized spacial score (nSPS) is 13.6. The first kappa shape index (κ1) is 29.4. The minimum atomic E-state index is -0.388. The van der Waals surface area contributed by atoms with Crippen molar-refractivity contribution in [3.63, 3.8) is 0 Å². The van der Waals surface area contributed by atoms with Crippen molar-refractivity contribution >= 4 is 53.9 Å². The molecule has 11 aromatic rings. The molecule has 1 spiro atoms. The highest BCUT2D eigenvalue weighted by molar-refractivity contribution is 6.25. The first-order chi connectivity index (χ1) is 27.2. The van der Waals surface area contributed by atoms with Crippen molar-refractivity contribution in [1.29, 1.82) is 0 Å². The zero-order valence-electron chi connectivity index (χ0n) is 30.0. The van der Waals surface area contributed by atoms with Crippen LogP contribution in [0.4, 0.5) is 0 Å². The SMILES string of the molecule is c1cc(-c2ccc3cc4c(cc3c2)C2(c3ccccc3-c3ccccc32)c2cc3ccccc3cc2-4)cc(-c2ccc3ccc4cccc5ccc2c3c45)c1. The summed E-state index contributed by atoms with van der Waals surface area (Å²) in [5, 5.41) is 13.0. The van der Waals surface area contributed by atoms with Gasteiger partial charge in [-0.2, -0.15) is 0 Å². The summed E-state index contributed by atoms with van der Waals surface area (Å²) in [5.74, 6) is 0. The van der Waals surface area contributed by atoms with Crippen LogP contribution in [0.25, 0.3) is 98.4 Å². The maximum absolute atomic E-state index is 2.52. The van der Waals surface area contributed by atoms with E-state index in [1.807, 2.05) is 0 Å². The third kappa shape index (κ3) is 3.81. The maximum atomic E-state index is 2.52. The van der Waals surface area contributed by atoms with E-state index in [1.54, 1.807) is 0 Å². The molecule has 2 aliphatic rings. The monoisotopic (exact) mass is 692 g/mol. The lowest BCUT2D eigenvalue weighted by atomic mass is 9.70. The zero-order chi connectivity index (χ0) is 35.8. The molecule has 0 aromatic heterocycles. The van der Waals surface area contributed by atoms with Crippen LogP contribution in [0.2, 0.25) is 0 Å². The van der Waals surface area contributed by atoms with E-state index < -0.39 is 0 Å². The summed E-state index contributed by atoms with van der Waals surface area (Å²) < 4.78 is 0. The first-order valence-electron chi connectivity index (χ1n) is 19.3. The van der Waals surface area contributed by atoms with E-state index in [0.717, 1.165) is 0 Å². The fourth-order valence-electron chi connectivity index (χ4n) is 10.6. The van der Waals surface area contributed by atoms with Crippen molar-refractivity contribution in [2.24, 2.45) is 0 Å². The van der Waals surface area contributed by atoms with E-state index in [1.165, 1.54) is 121 Å². The van der Waals surface area contributed by atoms with Crippen molar-refractivity contribution < 1.29 is 0 Å². The Morgan fingerprint density at radius 3 is 1.49 bits per heavy atom. The van der Waals surface area contributed by atoms with Gasteiger partial charge in [0.05, 0.1) is 5.41 Å². The third-order valence-electron chi connectivity index (χ3n) is 12.9. The summed E-state index contributed by atoms with van der Waals surface area (Å²) in [4.78, 5) is 0. The molecule has 13 rings (SSSR count). The lowest BCUT2D eigenvalue weighted by Crippen LogP contribution is -2.25. The van der Waals surface area contributed by atoms with Crippen molar-refractivity contribution in [2.45, 2.75) is 5.41 Å². The summed E-state index contributed by atoms with van der Waals surface area (Å²) in [6, 6.07) is 73.5. The standard InChI is InChI=1S/C55H32/c1-2-10-38-31-51-47(29-37(38)9-1)48-30-40-22-21-39(28-42(40)32-52(48)55(51)49-17-5-3-15-44(49)45-16-4-6-18-50(45)55)36-13-8-14-41(27-36)43-25-23-35-20-19-33-11-7-12-34-24-26-46(43)54(35)53(33)34/h1-32H. The van der Waals surface area contributed by atoms with Gasteiger partial charge in [0.25, 0.3) is 0 Å².